The van der Waals surface area contributed by atoms with E-state index in [0.29, 0.717) is 6.04 Å². The van der Waals surface area contributed by atoms with Crippen molar-refractivity contribution in [3.8, 4) is 11.8 Å². The van der Waals surface area contributed by atoms with Crippen molar-refractivity contribution in [1.82, 2.24) is 5.32 Å². The normalized spacial score (nSPS) is 11.7. The van der Waals surface area contributed by atoms with Crippen molar-refractivity contribution in [1.29, 1.82) is 0 Å². The monoisotopic (exact) mass is 247 g/mol. The molecule has 1 rings (SSSR count). The van der Waals surface area contributed by atoms with E-state index in [9.17, 15) is 4.39 Å². The lowest BCUT2D eigenvalue weighted by molar-refractivity contribution is 0.482. The molecule has 18 heavy (non-hydrogen) atoms. The summed E-state index contributed by atoms with van der Waals surface area (Å²) in [7, 11) is 0. The number of hydrogen-bond donors (Lipinski definition) is 1. The van der Waals surface area contributed by atoms with Gasteiger partial charge in [0.2, 0.25) is 0 Å². The van der Waals surface area contributed by atoms with Gasteiger partial charge < -0.3 is 5.32 Å². The minimum atomic E-state index is -0.173. The Kier molecular flexibility index (Phi) is 7.13. The highest BCUT2D eigenvalue weighted by molar-refractivity contribution is 5.17. The molecule has 1 atom stereocenters. The van der Waals surface area contributed by atoms with Crippen molar-refractivity contribution in [2.24, 2.45) is 0 Å². The van der Waals surface area contributed by atoms with Crippen molar-refractivity contribution < 1.29 is 4.39 Å². The fourth-order valence-electron chi connectivity index (χ4n) is 1.90. The first-order valence-electron chi connectivity index (χ1n) is 6.63. The van der Waals surface area contributed by atoms with Crippen LogP contribution in [0.15, 0.2) is 24.3 Å². The van der Waals surface area contributed by atoms with Gasteiger partial charge in [-0.15, -0.1) is 11.8 Å². The SMILES string of the molecule is CC#CCCC(Cc1ccc(F)cc1)NCCC. The van der Waals surface area contributed by atoms with Crippen LogP contribution in [0.4, 0.5) is 4.39 Å². The van der Waals surface area contributed by atoms with E-state index in [-0.39, 0.29) is 5.82 Å². The number of rotatable bonds is 7. The van der Waals surface area contributed by atoms with Crippen LogP contribution in [0.3, 0.4) is 0 Å². The Morgan fingerprint density at radius 2 is 2.00 bits per heavy atom. The van der Waals surface area contributed by atoms with Gasteiger partial charge in [0, 0.05) is 12.5 Å². The van der Waals surface area contributed by atoms with Crippen LogP contribution >= 0.6 is 0 Å². The van der Waals surface area contributed by atoms with Crippen molar-refractivity contribution >= 4 is 0 Å². The van der Waals surface area contributed by atoms with Crippen LogP contribution in [0.2, 0.25) is 0 Å². The molecule has 0 aliphatic carbocycles. The first-order chi connectivity index (χ1) is 8.76. The fraction of sp³-hybridized carbons (Fsp3) is 0.500. The molecule has 0 amide bonds. The largest absolute Gasteiger partial charge is 0.314 e. The van der Waals surface area contributed by atoms with E-state index in [2.05, 4.69) is 24.1 Å². The summed E-state index contributed by atoms with van der Waals surface area (Å²) in [5.41, 5.74) is 1.18. The Labute approximate surface area is 110 Å². The van der Waals surface area contributed by atoms with E-state index in [1.165, 1.54) is 17.7 Å². The van der Waals surface area contributed by atoms with Gasteiger partial charge in [0.15, 0.2) is 0 Å². The molecule has 1 nitrogen and oxygen atoms in total. The van der Waals surface area contributed by atoms with Crippen molar-refractivity contribution in [3.05, 3.63) is 35.6 Å². The summed E-state index contributed by atoms with van der Waals surface area (Å²) in [6.07, 6.45) is 4.02. The van der Waals surface area contributed by atoms with Gasteiger partial charge in [0.25, 0.3) is 0 Å². The van der Waals surface area contributed by atoms with Crippen LogP contribution in [-0.4, -0.2) is 12.6 Å². The minimum absolute atomic E-state index is 0.173. The summed E-state index contributed by atoms with van der Waals surface area (Å²) in [5.74, 6) is 5.85. The van der Waals surface area contributed by atoms with E-state index < -0.39 is 0 Å². The summed E-state index contributed by atoms with van der Waals surface area (Å²) in [6.45, 7) is 5.05. The topological polar surface area (TPSA) is 12.0 Å². The maximum absolute atomic E-state index is 12.8. The number of nitrogens with one attached hydrogen (secondary N) is 1. The van der Waals surface area contributed by atoms with Gasteiger partial charge in [-0.05, 0) is 50.4 Å². The maximum atomic E-state index is 12.8. The lowest BCUT2D eigenvalue weighted by Gasteiger charge is -2.17. The molecular formula is C16H22FN. The standard InChI is InChI=1S/C16H22FN/c1-3-5-6-7-16(18-12-4-2)13-14-8-10-15(17)11-9-14/h8-11,16,18H,4,6-7,12-13H2,1-2H3. The van der Waals surface area contributed by atoms with Gasteiger partial charge in [0.05, 0.1) is 0 Å². The second-order valence-electron chi connectivity index (χ2n) is 4.45. The molecule has 0 aliphatic rings. The number of halogens is 1. The molecule has 98 valence electrons. The Morgan fingerprint density at radius 1 is 1.28 bits per heavy atom. The summed E-state index contributed by atoms with van der Waals surface area (Å²) >= 11 is 0. The van der Waals surface area contributed by atoms with Gasteiger partial charge in [-0.3, -0.25) is 0 Å². The van der Waals surface area contributed by atoms with Crippen molar-refractivity contribution in [2.75, 3.05) is 6.54 Å². The summed E-state index contributed by atoms with van der Waals surface area (Å²) in [5, 5.41) is 3.53. The molecule has 0 spiro atoms. The first-order valence-corrected chi connectivity index (χ1v) is 6.63. The number of benzene rings is 1. The average Bonchev–Trinajstić information content (AvgIpc) is 2.38. The molecule has 0 radical (unpaired) electrons. The number of hydrogen-bond acceptors (Lipinski definition) is 1. The van der Waals surface area contributed by atoms with Crippen LogP contribution in [0, 0.1) is 17.7 Å². The predicted molar refractivity (Wildman–Crippen MR) is 74.9 cm³/mol. The molecule has 1 unspecified atom stereocenters. The quantitative estimate of drug-likeness (QED) is 0.727. The lowest BCUT2D eigenvalue weighted by Crippen LogP contribution is -2.31. The summed E-state index contributed by atoms with van der Waals surface area (Å²) in [6, 6.07) is 7.20. The first kappa shape index (κ1) is 14.7. The molecule has 0 fully saturated rings. The van der Waals surface area contributed by atoms with Gasteiger partial charge in [-0.25, -0.2) is 4.39 Å². The van der Waals surface area contributed by atoms with Gasteiger partial charge in [0.1, 0.15) is 5.82 Å². The molecule has 0 aromatic heterocycles. The zero-order valence-corrected chi connectivity index (χ0v) is 11.3. The second kappa shape index (κ2) is 8.72. The Hall–Kier alpha value is -1.33. The maximum Gasteiger partial charge on any atom is 0.123 e. The molecule has 0 bridgehead atoms. The van der Waals surface area contributed by atoms with E-state index >= 15 is 0 Å². The smallest absolute Gasteiger partial charge is 0.123 e. The predicted octanol–water partition coefficient (Wildman–Crippen LogP) is 3.54. The molecule has 2 heteroatoms. The Bertz CT molecular complexity index is 386. The van der Waals surface area contributed by atoms with Gasteiger partial charge >= 0.3 is 0 Å². The third-order valence-corrected chi connectivity index (χ3v) is 2.87. The highest BCUT2D eigenvalue weighted by atomic mass is 19.1. The van der Waals surface area contributed by atoms with E-state index in [1.807, 2.05) is 19.1 Å². The highest BCUT2D eigenvalue weighted by Gasteiger charge is 2.08. The Morgan fingerprint density at radius 3 is 2.61 bits per heavy atom. The zero-order chi connectivity index (χ0) is 13.2. The third-order valence-electron chi connectivity index (χ3n) is 2.87. The highest BCUT2D eigenvalue weighted by Crippen LogP contribution is 2.09. The minimum Gasteiger partial charge on any atom is -0.314 e. The van der Waals surface area contributed by atoms with Gasteiger partial charge in [-0.1, -0.05) is 19.1 Å². The van der Waals surface area contributed by atoms with Gasteiger partial charge in [-0.2, -0.15) is 0 Å². The molecule has 0 saturated heterocycles. The molecule has 1 N–H and O–H groups in total. The van der Waals surface area contributed by atoms with Crippen LogP contribution in [0.25, 0.3) is 0 Å². The molecule has 0 saturated carbocycles. The second-order valence-corrected chi connectivity index (χ2v) is 4.45. The van der Waals surface area contributed by atoms with Crippen molar-refractivity contribution in [3.63, 3.8) is 0 Å². The summed E-state index contributed by atoms with van der Waals surface area (Å²) < 4.78 is 12.8. The third kappa shape index (κ3) is 5.84. The van der Waals surface area contributed by atoms with Crippen LogP contribution in [0.1, 0.15) is 38.7 Å². The van der Waals surface area contributed by atoms with Crippen molar-refractivity contribution in [2.45, 2.75) is 45.6 Å². The van der Waals surface area contributed by atoms with E-state index in [1.54, 1.807) is 0 Å². The molecule has 0 aliphatic heterocycles. The van der Waals surface area contributed by atoms with E-state index in [4.69, 9.17) is 0 Å². The van der Waals surface area contributed by atoms with Crippen LogP contribution in [0.5, 0.6) is 0 Å². The molecular weight excluding hydrogens is 225 g/mol. The lowest BCUT2D eigenvalue weighted by atomic mass is 10.0. The molecule has 0 heterocycles. The van der Waals surface area contributed by atoms with E-state index in [0.717, 1.165) is 32.2 Å². The fourth-order valence-corrected chi connectivity index (χ4v) is 1.90. The van der Waals surface area contributed by atoms with Crippen LogP contribution < -0.4 is 5.32 Å². The summed E-state index contributed by atoms with van der Waals surface area (Å²) in [4.78, 5) is 0. The Balaban J connectivity index is 2.52. The molecule has 1 aromatic carbocycles. The van der Waals surface area contributed by atoms with Crippen LogP contribution in [-0.2, 0) is 6.42 Å². The molecule has 1 aromatic rings. The average molecular weight is 247 g/mol. The zero-order valence-electron chi connectivity index (χ0n) is 11.3.